The van der Waals surface area contributed by atoms with Gasteiger partial charge in [-0.3, -0.25) is 4.98 Å². The summed E-state index contributed by atoms with van der Waals surface area (Å²) in [6.45, 7) is 4.40. The molecule has 2 heterocycles. The maximum atomic E-state index is 6.29. The highest BCUT2D eigenvalue weighted by Gasteiger charge is 2.14. The van der Waals surface area contributed by atoms with Gasteiger partial charge in [0.2, 0.25) is 0 Å². The van der Waals surface area contributed by atoms with Crippen LogP contribution in [0.5, 0.6) is 0 Å². The van der Waals surface area contributed by atoms with Crippen LogP contribution in [0.1, 0.15) is 25.3 Å². The third kappa shape index (κ3) is 2.78. The molecule has 2 aromatic heterocycles. The number of pyridine rings is 1. The zero-order chi connectivity index (χ0) is 19.1. The first kappa shape index (κ1) is 16.8. The molecule has 0 N–H and O–H groups in total. The van der Waals surface area contributed by atoms with Crippen molar-refractivity contribution in [1.82, 2.24) is 4.98 Å². The molecule has 0 atom stereocenters. The van der Waals surface area contributed by atoms with Gasteiger partial charge in [0, 0.05) is 22.5 Å². The monoisotopic (exact) mass is 363 g/mol. The third-order valence-corrected chi connectivity index (χ3v) is 5.33. The first-order valence-corrected chi connectivity index (χ1v) is 9.68. The van der Waals surface area contributed by atoms with Gasteiger partial charge in [-0.05, 0) is 52.9 Å². The summed E-state index contributed by atoms with van der Waals surface area (Å²) in [5.74, 6) is 0.463. The third-order valence-electron chi connectivity index (χ3n) is 5.33. The fourth-order valence-electron chi connectivity index (χ4n) is 3.76. The van der Waals surface area contributed by atoms with Crippen LogP contribution in [0.25, 0.3) is 44.3 Å². The van der Waals surface area contributed by atoms with E-state index in [9.17, 15) is 0 Å². The maximum absolute atomic E-state index is 6.29. The Morgan fingerprint density at radius 1 is 0.750 bits per heavy atom. The van der Waals surface area contributed by atoms with Crippen LogP contribution < -0.4 is 0 Å². The molecule has 0 saturated carbocycles. The highest BCUT2D eigenvalue weighted by molar-refractivity contribution is 6.10. The number of benzene rings is 3. The van der Waals surface area contributed by atoms with Crippen LogP contribution in [-0.2, 0) is 0 Å². The molecule has 0 aliphatic heterocycles. The Hall–Kier alpha value is -3.39. The van der Waals surface area contributed by atoms with Gasteiger partial charge in [0.25, 0.3) is 0 Å². The van der Waals surface area contributed by atoms with E-state index in [2.05, 4.69) is 91.6 Å². The predicted molar refractivity (Wildman–Crippen MR) is 116 cm³/mol. The summed E-state index contributed by atoms with van der Waals surface area (Å²) in [6.07, 6.45) is 1.89. The summed E-state index contributed by atoms with van der Waals surface area (Å²) in [7, 11) is 0. The van der Waals surface area contributed by atoms with Gasteiger partial charge in [-0.1, -0.05) is 62.4 Å². The second-order valence-electron chi connectivity index (χ2n) is 7.49. The van der Waals surface area contributed by atoms with Gasteiger partial charge in [0.05, 0.1) is 5.69 Å². The van der Waals surface area contributed by atoms with E-state index in [-0.39, 0.29) is 0 Å². The predicted octanol–water partition coefficient (Wildman–Crippen LogP) is 7.44. The number of para-hydroxylation sites is 1. The first-order chi connectivity index (χ1) is 13.7. The smallest absolute Gasteiger partial charge is 0.144 e. The molecular formula is C26H21NO. The lowest BCUT2D eigenvalue weighted by Gasteiger charge is -2.07. The van der Waals surface area contributed by atoms with Crippen molar-refractivity contribution < 1.29 is 4.42 Å². The number of furan rings is 1. The molecule has 2 nitrogen and oxygen atoms in total. The van der Waals surface area contributed by atoms with Crippen molar-refractivity contribution in [3.8, 4) is 22.4 Å². The summed E-state index contributed by atoms with van der Waals surface area (Å²) in [4.78, 5) is 4.62. The summed E-state index contributed by atoms with van der Waals surface area (Å²) in [5, 5.41) is 2.26. The van der Waals surface area contributed by atoms with Gasteiger partial charge < -0.3 is 4.42 Å². The van der Waals surface area contributed by atoms with Gasteiger partial charge in [-0.15, -0.1) is 0 Å². The molecular weight excluding hydrogens is 342 g/mol. The van der Waals surface area contributed by atoms with Crippen molar-refractivity contribution in [3.05, 3.63) is 90.6 Å². The van der Waals surface area contributed by atoms with Crippen LogP contribution in [-0.4, -0.2) is 4.98 Å². The zero-order valence-electron chi connectivity index (χ0n) is 16.0. The first-order valence-electron chi connectivity index (χ1n) is 9.68. The second-order valence-corrected chi connectivity index (χ2v) is 7.49. The van der Waals surface area contributed by atoms with Gasteiger partial charge in [0.15, 0.2) is 0 Å². The van der Waals surface area contributed by atoms with E-state index in [0.29, 0.717) is 5.92 Å². The maximum Gasteiger partial charge on any atom is 0.144 e. The van der Waals surface area contributed by atoms with Crippen LogP contribution >= 0.6 is 0 Å². The highest BCUT2D eigenvalue weighted by Crippen LogP contribution is 2.37. The van der Waals surface area contributed by atoms with Crippen LogP contribution in [0.4, 0.5) is 0 Å². The van der Waals surface area contributed by atoms with Gasteiger partial charge in [-0.25, -0.2) is 0 Å². The van der Waals surface area contributed by atoms with E-state index in [4.69, 9.17) is 4.42 Å². The Morgan fingerprint density at radius 2 is 1.61 bits per heavy atom. The van der Waals surface area contributed by atoms with Crippen LogP contribution in [0, 0.1) is 0 Å². The van der Waals surface area contributed by atoms with Gasteiger partial charge in [0.1, 0.15) is 11.2 Å². The minimum absolute atomic E-state index is 0.463. The molecule has 0 unspecified atom stereocenters. The van der Waals surface area contributed by atoms with Gasteiger partial charge in [-0.2, -0.15) is 0 Å². The fraction of sp³-hybridized carbons (Fsp3) is 0.115. The molecule has 136 valence electrons. The molecule has 0 radical (unpaired) electrons. The Labute approximate surface area is 164 Å². The van der Waals surface area contributed by atoms with E-state index in [1.165, 1.54) is 16.7 Å². The molecule has 0 saturated heterocycles. The standard InChI is InChI=1S/C26H21NO/c1-17(2)19-13-14-27-24(16-19)22-10-6-9-21-23-15-20(18-7-4-3-5-8-18)11-12-25(23)28-26(21)22/h3-17H,1-2H3. The molecule has 2 heteroatoms. The topological polar surface area (TPSA) is 26.0 Å². The molecule has 28 heavy (non-hydrogen) atoms. The van der Waals surface area contributed by atoms with E-state index in [0.717, 1.165) is 33.2 Å². The molecule has 0 aliphatic rings. The number of aromatic nitrogens is 1. The van der Waals surface area contributed by atoms with E-state index >= 15 is 0 Å². The molecule has 0 spiro atoms. The summed E-state index contributed by atoms with van der Waals surface area (Å²) >= 11 is 0. The largest absolute Gasteiger partial charge is 0.455 e. The molecule has 5 rings (SSSR count). The molecule has 0 aliphatic carbocycles. The Bertz CT molecular complexity index is 1280. The highest BCUT2D eigenvalue weighted by atomic mass is 16.3. The average Bonchev–Trinajstić information content (AvgIpc) is 3.12. The summed E-state index contributed by atoms with van der Waals surface area (Å²) in [6, 6.07) is 27.4. The van der Waals surface area contributed by atoms with E-state index < -0.39 is 0 Å². The van der Waals surface area contributed by atoms with Crippen molar-refractivity contribution >= 4 is 21.9 Å². The Morgan fingerprint density at radius 3 is 2.43 bits per heavy atom. The van der Waals surface area contributed by atoms with Crippen molar-refractivity contribution in [2.24, 2.45) is 0 Å². The number of hydrogen-bond acceptors (Lipinski definition) is 2. The Balaban J connectivity index is 1.72. The molecule has 0 amide bonds. The zero-order valence-corrected chi connectivity index (χ0v) is 16.0. The number of rotatable bonds is 3. The summed E-state index contributed by atoms with van der Waals surface area (Å²) < 4.78 is 6.29. The van der Waals surface area contributed by atoms with Crippen molar-refractivity contribution in [2.45, 2.75) is 19.8 Å². The van der Waals surface area contributed by atoms with Crippen LogP contribution in [0.3, 0.4) is 0 Å². The lowest BCUT2D eigenvalue weighted by molar-refractivity contribution is 0.670. The minimum atomic E-state index is 0.463. The molecule has 0 fully saturated rings. The minimum Gasteiger partial charge on any atom is -0.455 e. The van der Waals surface area contributed by atoms with Crippen molar-refractivity contribution in [3.63, 3.8) is 0 Å². The number of hydrogen-bond donors (Lipinski definition) is 0. The number of nitrogens with zero attached hydrogens (tertiary/aromatic N) is 1. The Kier molecular flexibility index (Phi) is 3.98. The average molecular weight is 363 g/mol. The van der Waals surface area contributed by atoms with E-state index in [1.807, 2.05) is 12.3 Å². The molecule has 0 bridgehead atoms. The quantitative estimate of drug-likeness (QED) is 0.333. The fourth-order valence-corrected chi connectivity index (χ4v) is 3.76. The van der Waals surface area contributed by atoms with Crippen LogP contribution in [0.15, 0.2) is 89.5 Å². The van der Waals surface area contributed by atoms with Crippen molar-refractivity contribution in [2.75, 3.05) is 0 Å². The van der Waals surface area contributed by atoms with Crippen LogP contribution in [0.2, 0.25) is 0 Å². The SMILES string of the molecule is CC(C)c1ccnc(-c2cccc3c2oc2ccc(-c4ccccc4)cc23)c1. The molecule has 3 aromatic carbocycles. The number of fused-ring (bicyclic) bond motifs is 3. The summed E-state index contributed by atoms with van der Waals surface area (Å²) in [5.41, 5.74) is 7.49. The van der Waals surface area contributed by atoms with E-state index in [1.54, 1.807) is 0 Å². The lowest BCUT2D eigenvalue weighted by atomic mass is 9.99. The molecule has 5 aromatic rings. The normalized spacial score (nSPS) is 11.5. The van der Waals surface area contributed by atoms with Crippen molar-refractivity contribution in [1.29, 1.82) is 0 Å². The lowest BCUT2D eigenvalue weighted by Crippen LogP contribution is -1.90. The van der Waals surface area contributed by atoms with Gasteiger partial charge >= 0.3 is 0 Å². The second kappa shape index (κ2) is 6.65.